The van der Waals surface area contributed by atoms with Crippen LogP contribution in [-0.4, -0.2) is 19.6 Å². The van der Waals surface area contributed by atoms with E-state index in [1.165, 1.54) is 76.2 Å². The number of aromatic nitrogens is 1. The molecule has 2 aromatic carbocycles. The number of anilines is 1. The lowest BCUT2D eigenvalue weighted by molar-refractivity contribution is -0.688. The molecular formula is C35H49N2O3+. The largest absolute Gasteiger partial charge is 0.493 e. The number of benzene rings is 2. The molecule has 0 aliphatic rings. The van der Waals surface area contributed by atoms with Gasteiger partial charge in [0.05, 0.1) is 20.1 Å². The maximum absolute atomic E-state index is 12.7. The summed E-state index contributed by atoms with van der Waals surface area (Å²) in [5, 5.41) is 3.01. The average molecular weight is 546 g/mol. The van der Waals surface area contributed by atoms with Gasteiger partial charge in [0.1, 0.15) is 0 Å². The van der Waals surface area contributed by atoms with Gasteiger partial charge in [0.15, 0.2) is 30.4 Å². The summed E-state index contributed by atoms with van der Waals surface area (Å²) in [7, 11) is 1.65. The van der Waals surface area contributed by atoms with E-state index in [4.69, 9.17) is 9.47 Å². The topological polar surface area (TPSA) is 51.4 Å². The van der Waals surface area contributed by atoms with Gasteiger partial charge in [0, 0.05) is 23.4 Å². The summed E-state index contributed by atoms with van der Waals surface area (Å²) in [4.78, 5) is 12.7. The van der Waals surface area contributed by atoms with Crippen LogP contribution in [0.4, 0.5) is 5.69 Å². The van der Waals surface area contributed by atoms with E-state index in [1.807, 2.05) is 73.1 Å². The summed E-state index contributed by atoms with van der Waals surface area (Å²) in [6.07, 6.45) is 20.2. The Kier molecular flexibility index (Phi) is 14.7. The molecule has 0 aliphatic carbocycles. The third-order valence-corrected chi connectivity index (χ3v) is 7.23. The number of nitrogens with zero attached hydrogens (tertiary/aromatic N) is 1. The highest BCUT2D eigenvalue weighted by atomic mass is 16.5. The lowest BCUT2D eigenvalue weighted by atomic mass is 10.1. The van der Waals surface area contributed by atoms with Crippen LogP contribution in [0.3, 0.4) is 0 Å². The molecule has 0 atom stereocenters. The molecule has 0 aliphatic heterocycles. The van der Waals surface area contributed by atoms with Crippen LogP contribution in [-0.2, 0) is 17.8 Å². The Hall–Kier alpha value is -3.34. The fraction of sp³-hybridized carbons (Fsp3) is 0.486. The number of ether oxygens (including phenoxy) is 2. The van der Waals surface area contributed by atoms with Gasteiger partial charge in [0.25, 0.3) is 0 Å². The van der Waals surface area contributed by atoms with Crippen LogP contribution in [0, 0.1) is 0 Å². The second-order valence-corrected chi connectivity index (χ2v) is 10.7. The number of unbranched alkanes of at least 4 members (excludes halogenated alkanes) is 11. The number of rotatable bonds is 20. The van der Waals surface area contributed by atoms with Crippen molar-refractivity contribution in [1.82, 2.24) is 0 Å². The standard InChI is InChI=1S/C35H48N2O3/c1-3-4-5-6-7-8-9-10-11-12-13-17-26-40-34-27-31(20-23-33(34)39-2)28-35(38)36-32-21-18-30(19-22-32)29-37-24-15-14-16-25-37/h14-16,18-25,27H,3-13,17,26,28-29H2,1-2H3/p+1. The molecule has 0 unspecified atom stereocenters. The molecule has 5 nitrogen and oxygen atoms in total. The van der Waals surface area contributed by atoms with Crippen molar-refractivity contribution in [2.75, 3.05) is 19.0 Å². The maximum atomic E-state index is 12.7. The molecule has 1 aromatic heterocycles. The van der Waals surface area contributed by atoms with E-state index in [9.17, 15) is 4.79 Å². The van der Waals surface area contributed by atoms with E-state index in [2.05, 4.69) is 16.8 Å². The second-order valence-electron chi connectivity index (χ2n) is 10.7. The third kappa shape index (κ3) is 12.2. The highest BCUT2D eigenvalue weighted by Gasteiger charge is 2.10. The van der Waals surface area contributed by atoms with Crippen molar-refractivity contribution in [3.63, 3.8) is 0 Å². The second kappa shape index (κ2) is 18.9. The monoisotopic (exact) mass is 545 g/mol. The van der Waals surface area contributed by atoms with Crippen LogP contribution in [0.2, 0.25) is 0 Å². The Morgan fingerprint density at radius 1 is 0.725 bits per heavy atom. The van der Waals surface area contributed by atoms with Crippen LogP contribution >= 0.6 is 0 Å². The molecule has 0 bridgehead atoms. The molecule has 1 heterocycles. The predicted molar refractivity (Wildman–Crippen MR) is 164 cm³/mol. The summed E-state index contributed by atoms with van der Waals surface area (Å²) >= 11 is 0. The Bertz CT molecular complexity index is 1100. The normalized spacial score (nSPS) is 10.8. The summed E-state index contributed by atoms with van der Waals surface area (Å²) < 4.78 is 13.7. The molecule has 0 fully saturated rings. The van der Waals surface area contributed by atoms with Gasteiger partial charge in [0.2, 0.25) is 5.91 Å². The smallest absolute Gasteiger partial charge is 0.228 e. The summed E-state index contributed by atoms with van der Waals surface area (Å²) in [5.41, 5.74) is 2.88. The van der Waals surface area contributed by atoms with Crippen molar-refractivity contribution in [2.24, 2.45) is 0 Å². The molecule has 0 radical (unpaired) electrons. The van der Waals surface area contributed by atoms with E-state index >= 15 is 0 Å². The molecule has 216 valence electrons. The minimum Gasteiger partial charge on any atom is -0.493 e. The Labute approximate surface area is 241 Å². The first-order valence-electron chi connectivity index (χ1n) is 15.3. The van der Waals surface area contributed by atoms with Crippen LogP contribution < -0.4 is 19.4 Å². The van der Waals surface area contributed by atoms with Crippen molar-refractivity contribution in [1.29, 1.82) is 0 Å². The van der Waals surface area contributed by atoms with Gasteiger partial charge >= 0.3 is 0 Å². The number of pyridine rings is 1. The van der Waals surface area contributed by atoms with Crippen molar-refractivity contribution >= 4 is 11.6 Å². The molecule has 0 saturated heterocycles. The fourth-order valence-electron chi connectivity index (χ4n) is 4.90. The van der Waals surface area contributed by atoms with Crippen molar-refractivity contribution in [3.8, 4) is 11.5 Å². The van der Waals surface area contributed by atoms with Gasteiger partial charge in [-0.25, -0.2) is 4.57 Å². The minimum absolute atomic E-state index is 0.0535. The van der Waals surface area contributed by atoms with E-state index in [0.717, 1.165) is 24.2 Å². The van der Waals surface area contributed by atoms with Gasteiger partial charge in [-0.3, -0.25) is 4.79 Å². The first kappa shape index (κ1) is 31.2. The van der Waals surface area contributed by atoms with E-state index in [-0.39, 0.29) is 12.3 Å². The van der Waals surface area contributed by atoms with Crippen molar-refractivity contribution in [3.05, 3.63) is 84.2 Å². The first-order chi connectivity index (χ1) is 19.7. The van der Waals surface area contributed by atoms with Crippen LogP contribution in [0.15, 0.2) is 73.1 Å². The number of methoxy groups -OCH3 is 1. The van der Waals surface area contributed by atoms with Crippen molar-refractivity contribution < 1.29 is 18.8 Å². The lowest BCUT2D eigenvalue weighted by Crippen LogP contribution is -2.32. The Balaban J connectivity index is 1.34. The molecule has 3 rings (SSSR count). The number of hydrogen-bond acceptors (Lipinski definition) is 3. The van der Waals surface area contributed by atoms with E-state index < -0.39 is 0 Å². The maximum Gasteiger partial charge on any atom is 0.228 e. The SMILES string of the molecule is CCCCCCCCCCCCCCOc1cc(CC(=O)Nc2ccc(C[n+]3ccccc3)cc2)ccc1OC. The summed E-state index contributed by atoms with van der Waals surface area (Å²) in [6.45, 7) is 3.73. The lowest BCUT2D eigenvalue weighted by Gasteiger charge is -2.13. The zero-order valence-electron chi connectivity index (χ0n) is 24.7. The zero-order chi connectivity index (χ0) is 28.3. The van der Waals surface area contributed by atoms with Gasteiger partial charge in [-0.1, -0.05) is 102 Å². The number of nitrogens with one attached hydrogen (secondary N) is 1. The molecule has 1 N–H and O–H groups in total. The minimum atomic E-state index is -0.0535. The molecule has 0 saturated carbocycles. The first-order valence-corrected chi connectivity index (χ1v) is 15.3. The van der Waals surface area contributed by atoms with Crippen LogP contribution in [0.1, 0.15) is 95.1 Å². The van der Waals surface area contributed by atoms with Gasteiger partial charge in [-0.2, -0.15) is 0 Å². The molecule has 3 aromatic rings. The highest BCUT2D eigenvalue weighted by molar-refractivity contribution is 5.92. The Morgan fingerprint density at radius 2 is 1.32 bits per heavy atom. The van der Waals surface area contributed by atoms with E-state index in [1.54, 1.807) is 7.11 Å². The molecule has 1 amide bonds. The van der Waals surface area contributed by atoms with E-state index in [0.29, 0.717) is 18.1 Å². The van der Waals surface area contributed by atoms with Gasteiger partial charge in [-0.15, -0.1) is 0 Å². The number of carbonyl (C=O) groups excluding carboxylic acids is 1. The molecule has 5 heteroatoms. The predicted octanol–water partition coefficient (Wildman–Crippen LogP) is 8.29. The quantitative estimate of drug-likeness (QED) is 0.115. The summed E-state index contributed by atoms with van der Waals surface area (Å²) in [6, 6.07) is 19.8. The number of amides is 1. The highest BCUT2D eigenvalue weighted by Crippen LogP contribution is 2.29. The fourth-order valence-corrected chi connectivity index (χ4v) is 4.90. The summed E-state index contributed by atoms with van der Waals surface area (Å²) in [5.74, 6) is 1.36. The molecule has 0 spiro atoms. The van der Waals surface area contributed by atoms with Crippen molar-refractivity contribution in [2.45, 2.75) is 96.9 Å². The molecule has 40 heavy (non-hydrogen) atoms. The zero-order valence-corrected chi connectivity index (χ0v) is 24.7. The van der Waals surface area contributed by atoms with Crippen LogP contribution in [0.5, 0.6) is 11.5 Å². The Morgan fingerprint density at radius 3 is 1.95 bits per heavy atom. The van der Waals surface area contributed by atoms with Gasteiger partial charge in [-0.05, 0) is 36.2 Å². The number of hydrogen-bond donors (Lipinski definition) is 1. The van der Waals surface area contributed by atoms with Gasteiger partial charge < -0.3 is 14.8 Å². The van der Waals surface area contributed by atoms with Crippen LogP contribution in [0.25, 0.3) is 0 Å². The number of carbonyl (C=O) groups is 1. The third-order valence-electron chi connectivity index (χ3n) is 7.23. The molecular weight excluding hydrogens is 496 g/mol. The average Bonchev–Trinajstić information content (AvgIpc) is 2.97.